The van der Waals surface area contributed by atoms with E-state index in [-0.39, 0.29) is 5.91 Å². The summed E-state index contributed by atoms with van der Waals surface area (Å²) in [5, 5.41) is 12.4. The molecule has 8 heteroatoms. The lowest BCUT2D eigenvalue weighted by Gasteiger charge is -2.41. The Labute approximate surface area is 161 Å². The number of amides is 1. The Morgan fingerprint density at radius 1 is 1.37 bits per heavy atom. The minimum absolute atomic E-state index is 0.157. The highest BCUT2D eigenvalue weighted by Crippen LogP contribution is 2.39. The van der Waals surface area contributed by atoms with Gasteiger partial charge in [-0.3, -0.25) is 9.89 Å². The molecule has 1 aromatic carbocycles. The van der Waals surface area contributed by atoms with Crippen molar-refractivity contribution >= 4 is 33.5 Å². The molecule has 2 aliphatic rings. The molecule has 0 radical (unpaired) electrons. The van der Waals surface area contributed by atoms with Crippen molar-refractivity contribution < 1.29 is 4.79 Å². The van der Waals surface area contributed by atoms with Gasteiger partial charge in [0.25, 0.3) is 0 Å². The number of nitrogens with one attached hydrogen (secondary N) is 2. The molecule has 2 N–H and O–H groups in total. The van der Waals surface area contributed by atoms with Crippen molar-refractivity contribution in [2.45, 2.75) is 50.1 Å². The van der Waals surface area contributed by atoms with E-state index < -0.39 is 0 Å². The highest BCUT2D eigenvalue weighted by Gasteiger charge is 2.35. The van der Waals surface area contributed by atoms with E-state index in [0.717, 1.165) is 40.3 Å². The molecular formula is C19H22N6OS. The standard InChI is InChI=1S/C19H22N6OS/c1-25(17(26)7-11-2-3-13-10-20-23-16(13)6-11)15-8-14(9-15)21-19-22-18(24-27-19)12-4-5-12/h2-3,6,10,12,14-15H,4-5,7-9H2,1H3,(H,20,23)(H,21,22,24). The van der Waals surface area contributed by atoms with Crippen molar-refractivity contribution in [3.8, 4) is 0 Å². The van der Waals surface area contributed by atoms with Gasteiger partial charge in [-0.1, -0.05) is 12.1 Å². The van der Waals surface area contributed by atoms with Crippen LogP contribution in [0.1, 0.15) is 43.0 Å². The molecule has 0 saturated heterocycles. The Morgan fingerprint density at radius 2 is 2.22 bits per heavy atom. The average Bonchev–Trinajstić information content (AvgIpc) is 3.19. The number of H-pyrrole nitrogens is 1. The van der Waals surface area contributed by atoms with Gasteiger partial charge in [0, 0.05) is 42.0 Å². The lowest BCUT2D eigenvalue weighted by Crippen LogP contribution is -2.50. The summed E-state index contributed by atoms with van der Waals surface area (Å²) in [5.41, 5.74) is 1.98. The van der Waals surface area contributed by atoms with Gasteiger partial charge in [0.1, 0.15) is 5.82 Å². The van der Waals surface area contributed by atoms with Crippen LogP contribution in [0, 0.1) is 0 Å². The number of hydrogen-bond acceptors (Lipinski definition) is 6. The van der Waals surface area contributed by atoms with Gasteiger partial charge in [0.05, 0.1) is 18.1 Å². The second-order valence-corrected chi connectivity index (χ2v) is 8.42. The van der Waals surface area contributed by atoms with Crippen LogP contribution in [-0.4, -0.2) is 49.5 Å². The maximum absolute atomic E-state index is 12.6. The predicted molar refractivity (Wildman–Crippen MR) is 105 cm³/mol. The van der Waals surface area contributed by atoms with Crippen molar-refractivity contribution in [1.29, 1.82) is 0 Å². The van der Waals surface area contributed by atoms with Crippen LogP contribution in [0.3, 0.4) is 0 Å². The first-order valence-electron chi connectivity index (χ1n) is 9.43. The largest absolute Gasteiger partial charge is 0.357 e. The maximum Gasteiger partial charge on any atom is 0.226 e. The molecule has 0 bridgehead atoms. The summed E-state index contributed by atoms with van der Waals surface area (Å²) in [6.45, 7) is 0. The molecule has 2 saturated carbocycles. The van der Waals surface area contributed by atoms with Crippen LogP contribution in [0.15, 0.2) is 24.4 Å². The van der Waals surface area contributed by atoms with Crippen LogP contribution < -0.4 is 5.32 Å². The molecule has 2 aliphatic carbocycles. The minimum Gasteiger partial charge on any atom is -0.357 e. The molecule has 2 heterocycles. The predicted octanol–water partition coefficient (Wildman–Crippen LogP) is 2.94. The topological polar surface area (TPSA) is 86.8 Å². The number of likely N-dealkylation sites (N-methyl/N-ethyl adjacent to an activating group) is 1. The highest BCUT2D eigenvalue weighted by atomic mass is 32.1. The third kappa shape index (κ3) is 3.41. The Balaban J connectivity index is 1.13. The molecule has 1 amide bonds. The second-order valence-electron chi connectivity index (χ2n) is 7.67. The van der Waals surface area contributed by atoms with E-state index in [1.54, 1.807) is 6.20 Å². The van der Waals surface area contributed by atoms with E-state index in [9.17, 15) is 4.79 Å². The second kappa shape index (κ2) is 6.60. The van der Waals surface area contributed by atoms with Gasteiger partial charge in [0.2, 0.25) is 11.0 Å². The first-order valence-corrected chi connectivity index (χ1v) is 10.2. The lowest BCUT2D eigenvalue weighted by molar-refractivity contribution is -0.132. The zero-order valence-electron chi connectivity index (χ0n) is 15.2. The highest BCUT2D eigenvalue weighted by molar-refractivity contribution is 7.09. The molecule has 2 aromatic heterocycles. The monoisotopic (exact) mass is 382 g/mol. The third-order valence-corrected chi connectivity index (χ3v) is 6.29. The molecule has 2 fully saturated rings. The van der Waals surface area contributed by atoms with Crippen molar-refractivity contribution in [2.75, 3.05) is 12.4 Å². The number of carbonyl (C=O) groups excluding carboxylic acids is 1. The summed E-state index contributed by atoms with van der Waals surface area (Å²) in [5.74, 6) is 1.75. The van der Waals surface area contributed by atoms with Crippen LogP contribution in [0.25, 0.3) is 10.9 Å². The molecule has 3 aromatic rings. The van der Waals surface area contributed by atoms with Crippen LogP contribution >= 0.6 is 11.5 Å². The summed E-state index contributed by atoms with van der Waals surface area (Å²) < 4.78 is 4.43. The summed E-state index contributed by atoms with van der Waals surface area (Å²) in [7, 11) is 1.91. The molecular weight excluding hydrogens is 360 g/mol. The normalized spacial score (nSPS) is 21.8. The SMILES string of the molecule is CN(C(=O)Cc1ccc2cn[nH]c2c1)C1CC(Nc2nc(C3CC3)ns2)C1. The molecule has 140 valence electrons. The van der Waals surface area contributed by atoms with Gasteiger partial charge in [-0.05, 0) is 37.3 Å². The Hall–Kier alpha value is -2.48. The summed E-state index contributed by atoms with van der Waals surface area (Å²) >= 11 is 1.45. The fraction of sp³-hybridized carbons (Fsp3) is 0.474. The van der Waals surface area contributed by atoms with Crippen LogP contribution in [0.5, 0.6) is 0 Å². The number of benzene rings is 1. The number of fused-ring (bicyclic) bond motifs is 1. The molecule has 0 spiro atoms. The van der Waals surface area contributed by atoms with Gasteiger partial charge in [-0.25, -0.2) is 4.98 Å². The lowest BCUT2D eigenvalue weighted by atomic mass is 9.85. The van der Waals surface area contributed by atoms with E-state index >= 15 is 0 Å². The van der Waals surface area contributed by atoms with Crippen molar-refractivity contribution in [1.82, 2.24) is 24.5 Å². The Kier molecular flexibility index (Phi) is 4.07. The minimum atomic E-state index is 0.157. The van der Waals surface area contributed by atoms with Crippen LogP contribution in [0.2, 0.25) is 0 Å². The number of carbonyl (C=O) groups is 1. The zero-order chi connectivity index (χ0) is 18.4. The van der Waals surface area contributed by atoms with Crippen molar-refractivity contribution in [2.24, 2.45) is 0 Å². The number of hydrogen-bond donors (Lipinski definition) is 2. The average molecular weight is 382 g/mol. The fourth-order valence-electron chi connectivity index (χ4n) is 3.59. The van der Waals surface area contributed by atoms with E-state index in [4.69, 9.17) is 0 Å². The molecule has 5 rings (SSSR count). The van der Waals surface area contributed by atoms with Crippen molar-refractivity contribution in [3.05, 3.63) is 35.8 Å². The van der Waals surface area contributed by atoms with Crippen molar-refractivity contribution in [3.63, 3.8) is 0 Å². The summed E-state index contributed by atoms with van der Waals surface area (Å²) in [4.78, 5) is 19.1. The molecule has 27 heavy (non-hydrogen) atoms. The van der Waals surface area contributed by atoms with Gasteiger partial charge in [-0.15, -0.1) is 0 Å². The molecule has 0 atom stereocenters. The first-order chi connectivity index (χ1) is 13.2. The summed E-state index contributed by atoms with van der Waals surface area (Å²) in [6, 6.07) is 6.68. The van der Waals surface area contributed by atoms with E-state index in [2.05, 4.69) is 24.9 Å². The fourth-order valence-corrected chi connectivity index (χ4v) is 4.32. The molecule has 7 nitrogen and oxygen atoms in total. The first kappa shape index (κ1) is 16.7. The Bertz CT molecular complexity index is 971. The molecule has 0 unspecified atom stereocenters. The number of rotatable bonds is 6. The van der Waals surface area contributed by atoms with Crippen LogP contribution in [-0.2, 0) is 11.2 Å². The summed E-state index contributed by atoms with van der Waals surface area (Å²) in [6.07, 6.45) is 6.57. The van der Waals surface area contributed by atoms with Gasteiger partial charge in [-0.2, -0.15) is 9.47 Å². The number of aromatic nitrogens is 4. The van der Waals surface area contributed by atoms with E-state index in [1.165, 1.54) is 24.4 Å². The smallest absolute Gasteiger partial charge is 0.226 e. The zero-order valence-corrected chi connectivity index (χ0v) is 16.0. The Morgan fingerprint density at radius 3 is 3.04 bits per heavy atom. The van der Waals surface area contributed by atoms with E-state index in [0.29, 0.717) is 24.4 Å². The van der Waals surface area contributed by atoms with E-state index in [1.807, 2.05) is 30.1 Å². The number of aromatic amines is 1. The maximum atomic E-state index is 12.6. The number of nitrogens with zero attached hydrogens (tertiary/aromatic N) is 4. The quantitative estimate of drug-likeness (QED) is 0.684. The van der Waals surface area contributed by atoms with Gasteiger partial charge < -0.3 is 10.2 Å². The van der Waals surface area contributed by atoms with Gasteiger partial charge >= 0.3 is 0 Å². The van der Waals surface area contributed by atoms with Crippen LogP contribution in [0.4, 0.5) is 5.13 Å². The molecule has 0 aliphatic heterocycles. The number of anilines is 1. The van der Waals surface area contributed by atoms with Gasteiger partial charge in [0.15, 0.2) is 0 Å². The third-order valence-electron chi connectivity index (χ3n) is 5.63.